The number of hydrogen-bond donors (Lipinski definition) is 0. The number of fused-ring (bicyclic) bond motifs is 3. The minimum atomic E-state index is 0.757. The predicted molar refractivity (Wildman–Crippen MR) is 74.0 cm³/mol. The molecule has 1 aromatic heterocycles. The minimum absolute atomic E-state index is 0.757. The number of allylic oxidation sites excluding steroid dienone is 1. The monoisotopic (exact) mass is 238 g/mol. The van der Waals surface area contributed by atoms with Gasteiger partial charge in [0.15, 0.2) is 0 Å². The van der Waals surface area contributed by atoms with E-state index in [9.17, 15) is 0 Å². The summed E-state index contributed by atoms with van der Waals surface area (Å²) in [5.41, 5.74) is 2.08. The number of imidazole rings is 1. The lowest BCUT2D eigenvalue weighted by molar-refractivity contribution is 0.420. The molecule has 0 unspecified atom stereocenters. The Balaban J connectivity index is 2.46. The summed E-state index contributed by atoms with van der Waals surface area (Å²) in [5.74, 6) is 0.863. The average molecular weight is 238 g/mol. The van der Waals surface area contributed by atoms with E-state index >= 15 is 0 Å². The maximum Gasteiger partial charge on any atom is 0.128 e. The van der Waals surface area contributed by atoms with Crippen molar-refractivity contribution in [3.63, 3.8) is 0 Å². The first-order chi connectivity index (χ1) is 8.85. The molecule has 0 spiro atoms. The zero-order chi connectivity index (χ0) is 12.5. The van der Waals surface area contributed by atoms with Gasteiger partial charge in [0.05, 0.1) is 24.5 Å². The van der Waals surface area contributed by atoms with E-state index in [1.807, 2.05) is 30.6 Å². The summed E-state index contributed by atoms with van der Waals surface area (Å²) >= 11 is 0. The molecule has 0 atom stereocenters. The van der Waals surface area contributed by atoms with Gasteiger partial charge < -0.3 is 9.30 Å². The molecule has 0 aliphatic rings. The lowest BCUT2D eigenvalue weighted by Gasteiger charge is -2.08. The summed E-state index contributed by atoms with van der Waals surface area (Å²) in [7, 11) is 1.69. The molecule has 3 rings (SSSR count). The highest BCUT2D eigenvalue weighted by Gasteiger charge is 2.10. The summed E-state index contributed by atoms with van der Waals surface area (Å²) in [4.78, 5) is 4.43. The first-order valence-corrected chi connectivity index (χ1v) is 5.86. The molecule has 0 bridgehead atoms. The van der Waals surface area contributed by atoms with Gasteiger partial charge in [0.2, 0.25) is 0 Å². The van der Waals surface area contributed by atoms with Gasteiger partial charge >= 0.3 is 0 Å². The Hall–Kier alpha value is -2.29. The number of hydrogen-bond acceptors (Lipinski definition) is 2. The lowest BCUT2D eigenvalue weighted by Crippen LogP contribution is -1.93. The molecule has 3 nitrogen and oxygen atoms in total. The van der Waals surface area contributed by atoms with Crippen molar-refractivity contribution in [2.24, 2.45) is 0 Å². The van der Waals surface area contributed by atoms with Gasteiger partial charge in [-0.1, -0.05) is 30.3 Å². The van der Waals surface area contributed by atoms with E-state index in [-0.39, 0.29) is 0 Å². The van der Waals surface area contributed by atoms with Gasteiger partial charge in [-0.15, -0.1) is 6.58 Å². The average Bonchev–Trinajstić information content (AvgIpc) is 2.81. The Morgan fingerprint density at radius 2 is 2.11 bits per heavy atom. The van der Waals surface area contributed by atoms with Crippen LogP contribution in [0.2, 0.25) is 0 Å². The molecular weight excluding hydrogens is 224 g/mol. The van der Waals surface area contributed by atoms with Gasteiger partial charge in [-0.2, -0.15) is 0 Å². The summed E-state index contributed by atoms with van der Waals surface area (Å²) in [6.07, 6.45) is 3.72. The van der Waals surface area contributed by atoms with E-state index < -0.39 is 0 Å². The summed E-state index contributed by atoms with van der Waals surface area (Å²) < 4.78 is 7.54. The standard InChI is InChI=1S/C15H14N2O/c1-3-8-17-10-16-13-9-14(18-2)11-6-4-5-7-12(11)15(13)17/h3-7,9-10H,1,8H2,2H3. The number of methoxy groups -OCH3 is 1. The molecule has 0 fully saturated rings. The molecule has 3 aromatic rings. The van der Waals surface area contributed by atoms with E-state index in [4.69, 9.17) is 4.74 Å². The molecule has 0 N–H and O–H groups in total. The summed E-state index contributed by atoms with van der Waals surface area (Å²) in [5, 5.41) is 2.27. The van der Waals surface area contributed by atoms with Crippen molar-refractivity contribution >= 4 is 21.8 Å². The highest BCUT2D eigenvalue weighted by Crippen LogP contribution is 2.32. The zero-order valence-electron chi connectivity index (χ0n) is 10.3. The molecule has 1 heterocycles. The van der Waals surface area contributed by atoms with Crippen molar-refractivity contribution in [2.75, 3.05) is 7.11 Å². The number of benzene rings is 2. The third-order valence-electron chi connectivity index (χ3n) is 3.13. The van der Waals surface area contributed by atoms with Crippen LogP contribution < -0.4 is 4.74 Å². The SMILES string of the molecule is C=CCn1cnc2cc(OC)c3ccccc3c21. The fourth-order valence-corrected chi connectivity index (χ4v) is 2.35. The number of nitrogens with zero attached hydrogens (tertiary/aromatic N) is 2. The van der Waals surface area contributed by atoms with Crippen LogP contribution in [0.3, 0.4) is 0 Å². The van der Waals surface area contributed by atoms with Crippen LogP contribution in [0.4, 0.5) is 0 Å². The Morgan fingerprint density at radius 1 is 1.33 bits per heavy atom. The fraction of sp³-hybridized carbons (Fsp3) is 0.133. The van der Waals surface area contributed by atoms with E-state index in [0.717, 1.165) is 34.1 Å². The first kappa shape index (κ1) is 10.8. The van der Waals surface area contributed by atoms with E-state index in [1.54, 1.807) is 7.11 Å². The molecule has 0 saturated heterocycles. The van der Waals surface area contributed by atoms with Crippen LogP contribution in [0.25, 0.3) is 21.8 Å². The first-order valence-electron chi connectivity index (χ1n) is 5.86. The van der Waals surface area contributed by atoms with E-state index in [1.165, 1.54) is 0 Å². The van der Waals surface area contributed by atoms with Crippen LogP contribution in [0.1, 0.15) is 0 Å². The Labute approximate surface area is 105 Å². The van der Waals surface area contributed by atoms with Crippen molar-refractivity contribution in [1.82, 2.24) is 9.55 Å². The van der Waals surface area contributed by atoms with Gasteiger partial charge in [0.25, 0.3) is 0 Å². The molecule has 0 radical (unpaired) electrons. The summed E-state index contributed by atoms with van der Waals surface area (Å²) in [6, 6.07) is 10.2. The van der Waals surface area contributed by atoms with Crippen LogP contribution in [0.5, 0.6) is 5.75 Å². The summed E-state index contributed by atoms with van der Waals surface area (Å²) in [6.45, 7) is 4.54. The van der Waals surface area contributed by atoms with Crippen LogP contribution in [-0.4, -0.2) is 16.7 Å². The third-order valence-corrected chi connectivity index (χ3v) is 3.13. The van der Waals surface area contributed by atoms with Crippen molar-refractivity contribution in [3.8, 4) is 5.75 Å². The predicted octanol–water partition coefficient (Wildman–Crippen LogP) is 3.38. The highest BCUT2D eigenvalue weighted by molar-refractivity contribution is 6.07. The lowest BCUT2D eigenvalue weighted by atomic mass is 10.1. The van der Waals surface area contributed by atoms with Crippen LogP contribution in [0, 0.1) is 0 Å². The van der Waals surface area contributed by atoms with Crippen molar-refractivity contribution in [2.45, 2.75) is 6.54 Å². The molecule has 90 valence electrons. The number of ether oxygens (including phenoxy) is 1. The van der Waals surface area contributed by atoms with E-state index in [0.29, 0.717) is 0 Å². The van der Waals surface area contributed by atoms with Crippen LogP contribution in [0.15, 0.2) is 49.3 Å². The van der Waals surface area contributed by atoms with E-state index in [2.05, 4.69) is 28.3 Å². The van der Waals surface area contributed by atoms with Gasteiger partial charge in [0, 0.05) is 23.4 Å². The van der Waals surface area contributed by atoms with Gasteiger partial charge in [0.1, 0.15) is 5.75 Å². The quantitative estimate of drug-likeness (QED) is 0.654. The second-order valence-corrected chi connectivity index (χ2v) is 4.18. The smallest absolute Gasteiger partial charge is 0.128 e. The normalized spacial score (nSPS) is 10.9. The van der Waals surface area contributed by atoms with Gasteiger partial charge in [-0.3, -0.25) is 0 Å². The van der Waals surface area contributed by atoms with Crippen LogP contribution in [-0.2, 0) is 6.54 Å². The van der Waals surface area contributed by atoms with Crippen molar-refractivity contribution < 1.29 is 4.74 Å². The molecule has 2 aromatic carbocycles. The highest BCUT2D eigenvalue weighted by atomic mass is 16.5. The van der Waals surface area contributed by atoms with Crippen molar-refractivity contribution in [1.29, 1.82) is 0 Å². The molecule has 18 heavy (non-hydrogen) atoms. The fourth-order valence-electron chi connectivity index (χ4n) is 2.35. The molecule has 0 aliphatic carbocycles. The Morgan fingerprint density at radius 3 is 2.83 bits per heavy atom. The number of aromatic nitrogens is 2. The third kappa shape index (κ3) is 1.48. The van der Waals surface area contributed by atoms with Gasteiger partial charge in [-0.05, 0) is 0 Å². The second kappa shape index (κ2) is 4.18. The largest absolute Gasteiger partial charge is 0.496 e. The molecule has 0 saturated carbocycles. The second-order valence-electron chi connectivity index (χ2n) is 4.18. The molecular formula is C15H14N2O. The topological polar surface area (TPSA) is 27.1 Å². The maximum atomic E-state index is 5.44. The Kier molecular flexibility index (Phi) is 2.52. The minimum Gasteiger partial charge on any atom is -0.496 e. The zero-order valence-corrected chi connectivity index (χ0v) is 10.3. The van der Waals surface area contributed by atoms with Gasteiger partial charge in [-0.25, -0.2) is 4.98 Å². The van der Waals surface area contributed by atoms with Crippen molar-refractivity contribution in [3.05, 3.63) is 49.3 Å². The number of rotatable bonds is 3. The Bertz CT molecular complexity index is 728. The molecule has 0 amide bonds. The van der Waals surface area contributed by atoms with Crippen LogP contribution >= 0.6 is 0 Å². The molecule has 3 heteroatoms. The molecule has 0 aliphatic heterocycles. The maximum absolute atomic E-state index is 5.44.